The summed E-state index contributed by atoms with van der Waals surface area (Å²) in [5, 5.41) is 3.80. The fraction of sp³-hybridized carbons (Fsp3) is 0.227. The minimum absolute atomic E-state index is 0.0586. The minimum atomic E-state index is -0.224. The van der Waals surface area contributed by atoms with Gasteiger partial charge < -0.3 is 15.0 Å². The Balaban J connectivity index is 1.67. The van der Waals surface area contributed by atoms with Gasteiger partial charge in [0, 0.05) is 25.1 Å². The molecule has 0 atom stereocenters. The Morgan fingerprint density at radius 2 is 1.86 bits per heavy atom. The molecular formula is C22H23N3O3. The van der Waals surface area contributed by atoms with Crippen molar-refractivity contribution >= 4 is 28.4 Å². The van der Waals surface area contributed by atoms with Crippen molar-refractivity contribution in [2.45, 2.75) is 13.3 Å². The number of anilines is 1. The molecule has 1 N–H and O–H groups in total. The van der Waals surface area contributed by atoms with Gasteiger partial charge in [-0.15, -0.1) is 0 Å². The standard InChI is InChI=1S/C22H23N3O3/c1-16(26)25(19-10-5-8-18-9-6-13-24-22(18)19)15-21(27)23-14-12-17-7-3-4-11-20(17)28-2/h3-11,13H,12,14-15H2,1-2H3,(H,23,27). The molecular weight excluding hydrogens is 354 g/mol. The number of benzene rings is 2. The first-order valence-corrected chi connectivity index (χ1v) is 9.10. The van der Waals surface area contributed by atoms with Gasteiger partial charge in [0.25, 0.3) is 0 Å². The fourth-order valence-corrected chi connectivity index (χ4v) is 3.12. The Bertz CT molecular complexity index is 982. The molecule has 0 saturated carbocycles. The number of nitrogens with zero attached hydrogens (tertiary/aromatic N) is 2. The average Bonchev–Trinajstić information content (AvgIpc) is 2.72. The van der Waals surface area contributed by atoms with Gasteiger partial charge in [0.2, 0.25) is 11.8 Å². The number of ether oxygens (including phenoxy) is 1. The second kappa shape index (κ2) is 8.99. The molecule has 144 valence electrons. The van der Waals surface area contributed by atoms with Crippen molar-refractivity contribution in [1.29, 1.82) is 0 Å². The molecule has 3 rings (SSSR count). The van der Waals surface area contributed by atoms with Gasteiger partial charge in [-0.3, -0.25) is 14.6 Å². The van der Waals surface area contributed by atoms with Gasteiger partial charge >= 0.3 is 0 Å². The summed E-state index contributed by atoms with van der Waals surface area (Å²) in [6.45, 7) is 1.85. The zero-order chi connectivity index (χ0) is 19.9. The molecule has 0 radical (unpaired) electrons. The number of nitrogens with one attached hydrogen (secondary N) is 1. The first-order valence-electron chi connectivity index (χ1n) is 9.10. The first-order chi connectivity index (χ1) is 13.6. The topological polar surface area (TPSA) is 71.5 Å². The third kappa shape index (κ3) is 4.46. The fourth-order valence-electron chi connectivity index (χ4n) is 3.12. The lowest BCUT2D eigenvalue weighted by molar-refractivity contribution is -0.123. The van der Waals surface area contributed by atoms with Gasteiger partial charge in [-0.2, -0.15) is 0 Å². The van der Waals surface area contributed by atoms with E-state index in [-0.39, 0.29) is 18.4 Å². The van der Waals surface area contributed by atoms with E-state index >= 15 is 0 Å². The molecule has 6 heteroatoms. The van der Waals surface area contributed by atoms with Crippen LogP contribution < -0.4 is 15.0 Å². The molecule has 3 aromatic rings. The molecule has 2 amide bonds. The van der Waals surface area contributed by atoms with E-state index in [0.29, 0.717) is 24.2 Å². The largest absolute Gasteiger partial charge is 0.496 e. The van der Waals surface area contributed by atoms with Crippen LogP contribution in [-0.4, -0.2) is 37.0 Å². The summed E-state index contributed by atoms with van der Waals surface area (Å²) in [7, 11) is 1.63. The highest BCUT2D eigenvalue weighted by molar-refractivity contribution is 6.04. The summed E-state index contributed by atoms with van der Waals surface area (Å²) in [5.41, 5.74) is 2.35. The van der Waals surface area contributed by atoms with Crippen LogP contribution in [0.5, 0.6) is 5.75 Å². The van der Waals surface area contributed by atoms with Crippen molar-refractivity contribution in [3.8, 4) is 5.75 Å². The Hall–Kier alpha value is -3.41. The van der Waals surface area contributed by atoms with E-state index < -0.39 is 0 Å². The summed E-state index contributed by atoms with van der Waals surface area (Å²) in [6, 6.07) is 17.1. The average molecular weight is 377 g/mol. The summed E-state index contributed by atoms with van der Waals surface area (Å²) >= 11 is 0. The Morgan fingerprint density at radius 3 is 2.64 bits per heavy atom. The van der Waals surface area contributed by atoms with Crippen LogP contribution in [0.15, 0.2) is 60.8 Å². The molecule has 0 unspecified atom stereocenters. The monoisotopic (exact) mass is 377 g/mol. The van der Waals surface area contributed by atoms with Crippen LogP contribution in [0.25, 0.3) is 10.9 Å². The molecule has 0 fully saturated rings. The highest BCUT2D eigenvalue weighted by Gasteiger charge is 2.18. The van der Waals surface area contributed by atoms with E-state index in [1.807, 2.05) is 48.5 Å². The van der Waals surface area contributed by atoms with E-state index in [1.54, 1.807) is 19.4 Å². The van der Waals surface area contributed by atoms with E-state index in [9.17, 15) is 9.59 Å². The molecule has 0 aliphatic heterocycles. The molecule has 0 spiro atoms. The molecule has 0 aliphatic rings. The summed E-state index contributed by atoms with van der Waals surface area (Å²) < 4.78 is 5.33. The van der Waals surface area contributed by atoms with Crippen molar-refractivity contribution in [2.75, 3.05) is 25.1 Å². The maximum atomic E-state index is 12.5. The lowest BCUT2D eigenvalue weighted by Crippen LogP contribution is -2.40. The van der Waals surface area contributed by atoms with Crippen molar-refractivity contribution in [1.82, 2.24) is 10.3 Å². The quantitative estimate of drug-likeness (QED) is 0.687. The van der Waals surface area contributed by atoms with Crippen molar-refractivity contribution in [2.24, 2.45) is 0 Å². The number of methoxy groups -OCH3 is 1. The highest BCUT2D eigenvalue weighted by atomic mass is 16.5. The van der Waals surface area contributed by atoms with Crippen LogP contribution in [0.4, 0.5) is 5.69 Å². The normalized spacial score (nSPS) is 10.5. The van der Waals surface area contributed by atoms with Crippen LogP contribution in [-0.2, 0) is 16.0 Å². The zero-order valence-electron chi connectivity index (χ0n) is 16.0. The van der Waals surface area contributed by atoms with Crippen molar-refractivity contribution in [3.05, 3.63) is 66.4 Å². The summed E-state index contributed by atoms with van der Waals surface area (Å²) in [5.74, 6) is 0.361. The number of carbonyl (C=O) groups excluding carboxylic acids is 2. The second-order valence-corrected chi connectivity index (χ2v) is 6.37. The Kier molecular flexibility index (Phi) is 6.22. The molecule has 0 bridgehead atoms. The second-order valence-electron chi connectivity index (χ2n) is 6.37. The van der Waals surface area contributed by atoms with Gasteiger partial charge in [-0.25, -0.2) is 0 Å². The number of para-hydroxylation sites is 2. The number of rotatable bonds is 7. The highest BCUT2D eigenvalue weighted by Crippen LogP contribution is 2.24. The maximum absolute atomic E-state index is 12.5. The molecule has 1 aromatic heterocycles. The first kappa shape index (κ1) is 19.4. The third-order valence-electron chi connectivity index (χ3n) is 4.49. The molecule has 0 saturated heterocycles. The number of pyridine rings is 1. The lowest BCUT2D eigenvalue weighted by atomic mass is 10.1. The zero-order valence-corrected chi connectivity index (χ0v) is 16.0. The minimum Gasteiger partial charge on any atom is -0.496 e. The Labute approximate surface area is 164 Å². The maximum Gasteiger partial charge on any atom is 0.240 e. The number of amides is 2. The summed E-state index contributed by atoms with van der Waals surface area (Å²) in [6.07, 6.45) is 2.32. The smallest absolute Gasteiger partial charge is 0.240 e. The van der Waals surface area contributed by atoms with E-state index in [1.165, 1.54) is 11.8 Å². The van der Waals surface area contributed by atoms with E-state index in [0.717, 1.165) is 16.7 Å². The van der Waals surface area contributed by atoms with E-state index in [2.05, 4.69) is 10.3 Å². The van der Waals surface area contributed by atoms with Gasteiger partial charge in [-0.05, 0) is 30.2 Å². The number of hydrogen-bond acceptors (Lipinski definition) is 4. The number of aromatic nitrogens is 1. The number of carbonyl (C=O) groups is 2. The molecule has 28 heavy (non-hydrogen) atoms. The molecule has 0 aliphatic carbocycles. The van der Waals surface area contributed by atoms with Crippen molar-refractivity contribution < 1.29 is 14.3 Å². The predicted molar refractivity (Wildman–Crippen MR) is 109 cm³/mol. The molecule has 6 nitrogen and oxygen atoms in total. The molecule has 1 heterocycles. The van der Waals surface area contributed by atoms with Crippen LogP contribution in [0.2, 0.25) is 0 Å². The third-order valence-corrected chi connectivity index (χ3v) is 4.49. The Morgan fingerprint density at radius 1 is 1.07 bits per heavy atom. The predicted octanol–water partition coefficient (Wildman–Crippen LogP) is 2.96. The van der Waals surface area contributed by atoms with Gasteiger partial charge in [-0.1, -0.05) is 36.4 Å². The van der Waals surface area contributed by atoms with Gasteiger partial charge in [0.05, 0.1) is 18.3 Å². The SMILES string of the molecule is COc1ccccc1CCNC(=O)CN(C(C)=O)c1cccc2cccnc12. The van der Waals surface area contributed by atoms with Crippen LogP contribution in [0, 0.1) is 0 Å². The number of hydrogen-bond donors (Lipinski definition) is 1. The molecule has 2 aromatic carbocycles. The summed E-state index contributed by atoms with van der Waals surface area (Å²) in [4.78, 5) is 30.5. The van der Waals surface area contributed by atoms with Crippen LogP contribution >= 0.6 is 0 Å². The van der Waals surface area contributed by atoms with E-state index in [4.69, 9.17) is 4.74 Å². The van der Waals surface area contributed by atoms with Gasteiger partial charge in [0.15, 0.2) is 0 Å². The lowest BCUT2D eigenvalue weighted by Gasteiger charge is -2.22. The number of fused-ring (bicyclic) bond motifs is 1. The van der Waals surface area contributed by atoms with Crippen LogP contribution in [0.1, 0.15) is 12.5 Å². The van der Waals surface area contributed by atoms with Gasteiger partial charge in [0.1, 0.15) is 12.3 Å². The van der Waals surface area contributed by atoms with Crippen molar-refractivity contribution in [3.63, 3.8) is 0 Å². The van der Waals surface area contributed by atoms with Crippen LogP contribution in [0.3, 0.4) is 0 Å².